The van der Waals surface area contributed by atoms with E-state index in [4.69, 9.17) is 9.93 Å². The van der Waals surface area contributed by atoms with Gasteiger partial charge in [-0.1, -0.05) is 5.16 Å². The van der Waals surface area contributed by atoms with E-state index in [-0.39, 0.29) is 11.3 Å². The molecule has 0 unspecified atom stereocenters. The normalized spacial score (nSPS) is 10.9. The molecule has 0 aliphatic rings. The Balaban J connectivity index is 1.71. The number of aromatic amines is 1. The largest absolute Gasteiger partial charge is 0.387 e. The third-order valence-corrected chi connectivity index (χ3v) is 4.40. The summed E-state index contributed by atoms with van der Waals surface area (Å²) in [5.41, 5.74) is 1.08. The molecule has 0 saturated carbocycles. The third kappa shape index (κ3) is 3.10. The zero-order valence-electron chi connectivity index (χ0n) is 15.0. The number of halogens is 2. The van der Waals surface area contributed by atoms with Crippen LogP contribution in [0.1, 0.15) is 15.9 Å². The summed E-state index contributed by atoms with van der Waals surface area (Å²) in [7, 11) is 1.47. The van der Waals surface area contributed by atoms with Gasteiger partial charge in [0.15, 0.2) is 0 Å². The maximum absolute atomic E-state index is 14.7. The Labute approximate surface area is 162 Å². The Hall–Kier alpha value is -4.08. The summed E-state index contributed by atoms with van der Waals surface area (Å²) >= 11 is 0. The molecule has 0 radical (unpaired) electrons. The summed E-state index contributed by atoms with van der Waals surface area (Å²) in [6.07, 6.45) is 2.13. The lowest BCUT2D eigenvalue weighted by atomic mass is 10.1. The minimum Gasteiger partial charge on any atom is -0.387 e. The van der Waals surface area contributed by atoms with Crippen LogP contribution < -0.4 is 10.6 Å². The number of amides is 1. The second kappa shape index (κ2) is 7.15. The lowest BCUT2D eigenvalue weighted by Crippen LogP contribution is -2.18. The number of fused-ring (bicyclic) bond motifs is 1. The Kier molecular flexibility index (Phi) is 4.51. The minimum atomic E-state index is -1.12. The fourth-order valence-electron chi connectivity index (χ4n) is 3.01. The minimum absolute atomic E-state index is 0.0728. The van der Waals surface area contributed by atoms with Crippen LogP contribution in [0.4, 0.5) is 20.2 Å². The standard InChI is InChI=1S/C19H14F2N6O2/c1-23-15-7-12(20)16(17(21)11(15)8-22)19(28)24-9-2-3-13-10(6-9)18(26-25-13)14-4-5-29-27-14/h2-8,22-23H,1H3,(H,24,28)(H,25,26). The molecule has 0 fully saturated rings. The highest BCUT2D eigenvalue weighted by molar-refractivity contribution is 6.07. The van der Waals surface area contributed by atoms with Gasteiger partial charge in [0.25, 0.3) is 5.91 Å². The van der Waals surface area contributed by atoms with Crippen molar-refractivity contribution in [2.45, 2.75) is 0 Å². The van der Waals surface area contributed by atoms with Crippen LogP contribution in [0, 0.1) is 17.0 Å². The highest BCUT2D eigenvalue weighted by Gasteiger charge is 2.23. The molecule has 4 N–H and O–H groups in total. The maximum Gasteiger partial charge on any atom is 0.261 e. The van der Waals surface area contributed by atoms with Crippen LogP contribution in [-0.4, -0.2) is 34.5 Å². The summed E-state index contributed by atoms with van der Waals surface area (Å²) in [6, 6.07) is 7.45. The van der Waals surface area contributed by atoms with E-state index in [1.54, 1.807) is 24.3 Å². The van der Waals surface area contributed by atoms with Crippen LogP contribution in [0.25, 0.3) is 22.3 Å². The van der Waals surface area contributed by atoms with E-state index in [2.05, 4.69) is 26.0 Å². The van der Waals surface area contributed by atoms with Gasteiger partial charge in [-0.05, 0) is 24.3 Å². The fraction of sp³-hybridized carbons (Fsp3) is 0.0526. The molecule has 10 heteroatoms. The van der Waals surface area contributed by atoms with Crippen molar-refractivity contribution in [2.24, 2.45) is 0 Å². The summed E-state index contributed by atoms with van der Waals surface area (Å²) in [5.74, 6) is -3.13. The van der Waals surface area contributed by atoms with Gasteiger partial charge in [0.1, 0.15) is 34.8 Å². The van der Waals surface area contributed by atoms with Crippen LogP contribution in [0.2, 0.25) is 0 Å². The molecule has 2 aromatic carbocycles. The maximum atomic E-state index is 14.7. The van der Waals surface area contributed by atoms with Gasteiger partial charge in [-0.2, -0.15) is 5.10 Å². The van der Waals surface area contributed by atoms with Crippen molar-refractivity contribution in [1.82, 2.24) is 15.4 Å². The van der Waals surface area contributed by atoms with Crippen molar-refractivity contribution in [2.75, 3.05) is 17.7 Å². The number of anilines is 2. The lowest BCUT2D eigenvalue weighted by Gasteiger charge is -2.12. The Morgan fingerprint density at radius 1 is 1.28 bits per heavy atom. The van der Waals surface area contributed by atoms with Crippen LogP contribution >= 0.6 is 0 Å². The number of hydrogen-bond donors (Lipinski definition) is 4. The van der Waals surface area contributed by atoms with Gasteiger partial charge in [0.05, 0.1) is 11.1 Å². The molecule has 146 valence electrons. The molecule has 4 rings (SSSR count). The molecule has 29 heavy (non-hydrogen) atoms. The number of aromatic nitrogens is 3. The predicted molar refractivity (Wildman–Crippen MR) is 103 cm³/mol. The molecule has 0 bridgehead atoms. The number of hydrogen-bond acceptors (Lipinski definition) is 6. The van der Waals surface area contributed by atoms with Crippen molar-refractivity contribution < 1.29 is 18.1 Å². The topological polar surface area (TPSA) is 120 Å². The number of nitrogens with one attached hydrogen (secondary N) is 4. The Morgan fingerprint density at radius 3 is 2.79 bits per heavy atom. The first kappa shape index (κ1) is 18.3. The average molecular weight is 396 g/mol. The molecule has 2 aromatic heterocycles. The van der Waals surface area contributed by atoms with Crippen LogP contribution in [0.3, 0.4) is 0 Å². The SMILES string of the molecule is CNc1cc(F)c(C(=O)Nc2ccc3[nH]nc(-c4ccon4)c3c2)c(F)c1C=N. The molecule has 0 aliphatic heterocycles. The Bertz CT molecular complexity index is 1230. The van der Waals surface area contributed by atoms with Crippen LogP contribution in [-0.2, 0) is 0 Å². The van der Waals surface area contributed by atoms with E-state index in [0.717, 1.165) is 12.3 Å². The number of rotatable bonds is 5. The van der Waals surface area contributed by atoms with E-state index in [1.807, 2.05) is 0 Å². The number of nitrogens with zero attached hydrogens (tertiary/aromatic N) is 2. The first-order chi connectivity index (χ1) is 14.0. The van der Waals surface area contributed by atoms with Gasteiger partial charge in [-0.25, -0.2) is 8.78 Å². The van der Waals surface area contributed by atoms with E-state index in [0.29, 0.717) is 28.0 Å². The molecule has 0 spiro atoms. The quantitative estimate of drug-likeness (QED) is 0.383. The van der Waals surface area contributed by atoms with E-state index < -0.39 is 23.1 Å². The summed E-state index contributed by atoms with van der Waals surface area (Å²) in [5, 5.41) is 23.9. The van der Waals surface area contributed by atoms with Gasteiger partial charge < -0.3 is 20.6 Å². The molecule has 0 saturated heterocycles. The summed E-state index contributed by atoms with van der Waals surface area (Å²) < 4.78 is 33.9. The Morgan fingerprint density at radius 2 is 2.10 bits per heavy atom. The zero-order valence-corrected chi connectivity index (χ0v) is 15.0. The highest BCUT2D eigenvalue weighted by atomic mass is 19.1. The first-order valence-electron chi connectivity index (χ1n) is 8.44. The molecule has 4 aromatic rings. The van der Waals surface area contributed by atoms with Crippen molar-refractivity contribution >= 4 is 34.4 Å². The average Bonchev–Trinajstić information content (AvgIpc) is 3.36. The van der Waals surface area contributed by atoms with E-state index in [9.17, 15) is 13.6 Å². The lowest BCUT2D eigenvalue weighted by molar-refractivity contribution is 0.101. The van der Waals surface area contributed by atoms with E-state index in [1.165, 1.54) is 13.3 Å². The van der Waals surface area contributed by atoms with Gasteiger partial charge in [-0.15, -0.1) is 0 Å². The zero-order chi connectivity index (χ0) is 20.5. The smallest absolute Gasteiger partial charge is 0.261 e. The number of benzene rings is 2. The van der Waals surface area contributed by atoms with Gasteiger partial charge in [-0.3, -0.25) is 9.89 Å². The highest BCUT2D eigenvalue weighted by Crippen LogP contribution is 2.29. The molecule has 0 aliphatic carbocycles. The monoisotopic (exact) mass is 396 g/mol. The summed E-state index contributed by atoms with van der Waals surface area (Å²) in [6.45, 7) is 0. The predicted octanol–water partition coefficient (Wildman–Crippen LogP) is 3.79. The van der Waals surface area contributed by atoms with Crippen molar-refractivity contribution in [3.63, 3.8) is 0 Å². The fourth-order valence-corrected chi connectivity index (χ4v) is 3.01. The van der Waals surface area contributed by atoms with Crippen molar-refractivity contribution in [3.8, 4) is 11.4 Å². The number of carbonyl (C=O) groups excluding carboxylic acids is 1. The van der Waals surface area contributed by atoms with Gasteiger partial charge >= 0.3 is 0 Å². The summed E-state index contributed by atoms with van der Waals surface area (Å²) in [4.78, 5) is 12.6. The van der Waals surface area contributed by atoms with Crippen LogP contribution in [0.15, 0.2) is 41.1 Å². The second-order valence-electron chi connectivity index (χ2n) is 6.07. The van der Waals surface area contributed by atoms with Gasteiger partial charge in [0.2, 0.25) is 0 Å². The molecular formula is C19H14F2N6O2. The number of carbonyl (C=O) groups is 1. The van der Waals surface area contributed by atoms with Crippen LogP contribution in [0.5, 0.6) is 0 Å². The van der Waals surface area contributed by atoms with Crippen molar-refractivity contribution in [3.05, 3.63) is 59.4 Å². The third-order valence-electron chi connectivity index (χ3n) is 4.40. The molecule has 8 nitrogen and oxygen atoms in total. The molecule has 2 heterocycles. The second-order valence-corrected chi connectivity index (χ2v) is 6.07. The molecule has 1 amide bonds. The van der Waals surface area contributed by atoms with Gasteiger partial charge in [0, 0.05) is 36.1 Å². The number of H-pyrrole nitrogens is 1. The molecule has 0 atom stereocenters. The van der Waals surface area contributed by atoms with E-state index >= 15 is 0 Å². The van der Waals surface area contributed by atoms with Crippen molar-refractivity contribution in [1.29, 1.82) is 5.41 Å². The first-order valence-corrected chi connectivity index (χ1v) is 8.44. The molecular weight excluding hydrogens is 382 g/mol.